The molecule has 1 heterocycles. The Hall–Kier alpha value is -1.26. The topological polar surface area (TPSA) is 64.6 Å². The number of carbonyl (C=O) groups excluding carboxylic acids is 2. The highest BCUT2D eigenvalue weighted by atomic mass is 16.6. The van der Waals surface area contributed by atoms with Crippen LogP contribution in [0.2, 0.25) is 0 Å². The van der Waals surface area contributed by atoms with Crippen molar-refractivity contribution in [2.24, 2.45) is 0 Å². The SMILES string of the molecule is COC(=O)CCCCCC1NC(=O)OC1C. The van der Waals surface area contributed by atoms with Gasteiger partial charge in [0.05, 0.1) is 13.2 Å². The highest BCUT2D eigenvalue weighted by Gasteiger charge is 2.29. The number of alkyl carbamates (subject to hydrolysis) is 1. The predicted molar refractivity (Wildman–Crippen MR) is 58.0 cm³/mol. The minimum Gasteiger partial charge on any atom is -0.469 e. The second kappa shape index (κ2) is 6.35. The van der Waals surface area contributed by atoms with Crippen molar-refractivity contribution in [3.05, 3.63) is 0 Å². The summed E-state index contributed by atoms with van der Waals surface area (Å²) < 4.78 is 9.51. The summed E-state index contributed by atoms with van der Waals surface area (Å²) in [5.74, 6) is -0.161. The zero-order valence-electron chi connectivity index (χ0n) is 9.82. The molecular formula is C11H19NO4. The van der Waals surface area contributed by atoms with Crippen molar-refractivity contribution >= 4 is 12.1 Å². The number of unbranched alkanes of at least 4 members (excludes halogenated alkanes) is 2. The zero-order chi connectivity index (χ0) is 12.0. The molecule has 2 unspecified atom stereocenters. The van der Waals surface area contributed by atoms with Gasteiger partial charge in [0.15, 0.2) is 0 Å². The monoisotopic (exact) mass is 229 g/mol. The Balaban J connectivity index is 2.03. The second-order valence-corrected chi connectivity index (χ2v) is 4.04. The van der Waals surface area contributed by atoms with Crippen LogP contribution in [0.5, 0.6) is 0 Å². The van der Waals surface area contributed by atoms with E-state index < -0.39 is 0 Å². The Morgan fingerprint density at radius 1 is 1.44 bits per heavy atom. The molecule has 92 valence electrons. The normalized spacial score (nSPS) is 23.8. The predicted octanol–water partition coefficient (Wildman–Crippen LogP) is 1.61. The van der Waals surface area contributed by atoms with Crippen LogP contribution in [0.25, 0.3) is 0 Å². The minimum atomic E-state index is -0.327. The number of amides is 1. The van der Waals surface area contributed by atoms with Gasteiger partial charge in [0.25, 0.3) is 0 Å². The molecule has 0 aromatic heterocycles. The number of hydrogen-bond donors (Lipinski definition) is 1. The van der Waals surface area contributed by atoms with Gasteiger partial charge < -0.3 is 14.8 Å². The van der Waals surface area contributed by atoms with Gasteiger partial charge in [-0.15, -0.1) is 0 Å². The van der Waals surface area contributed by atoms with Gasteiger partial charge in [0.2, 0.25) is 0 Å². The third-order valence-corrected chi connectivity index (χ3v) is 2.79. The summed E-state index contributed by atoms with van der Waals surface area (Å²) >= 11 is 0. The van der Waals surface area contributed by atoms with Crippen LogP contribution in [-0.4, -0.2) is 31.3 Å². The standard InChI is InChI=1S/C11H19NO4/c1-8-9(12-11(14)16-8)6-4-3-5-7-10(13)15-2/h8-9H,3-7H2,1-2H3,(H,12,14). The maximum Gasteiger partial charge on any atom is 0.407 e. The van der Waals surface area contributed by atoms with E-state index in [2.05, 4.69) is 10.1 Å². The van der Waals surface area contributed by atoms with Gasteiger partial charge in [-0.1, -0.05) is 12.8 Å². The zero-order valence-corrected chi connectivity index (χ0v) is 9.82. The maximum absolute atomic E-state index is 10.9. The fourth-order valence-electron chi connectivity index (χ4n) is 1.77. The average Bonchev–Trinajstić information content (AvgIpc) is 2.56. The summed E-state index contributed by atoms with van der Waals surface area (Å²) in [7, 11) is 1.40. The molecular weight excluding hydrogens is 210 g/mol. The van der Waals surface area contributed by atoms with Gasteiger partial charge in [-0.05, 0) is 19.8 Å². The van der Waals surface area contributed by atoms with Crippen LogP contribution >= 0.6 is 0 Å². The maximum atomic E-state index is 10.9. The van der Waals surface area contributed by atoms with Gasteiger partial charge >= 0.3 is 12.1 Å². The molecule has 5 heteroatoms. The number of cyclic esters (lactones) is 1. The largest absolute Gasteiger partial charge is 0.469 e. The fraction of sp³-hybridized carbons (Fsp3) is 0.818. The smallest absolute Gasteiger partial charge is 0.407 e. The molecule has 1 fully saturated rings. The Labute approximate surface area is 95.5 Å². The molecule has 0 radical (unpaired) electrons. The number of ether oxygens (including phenoxy) is 2. The van der Waals surface area contributed by atoms with E-state index in [9.17, 15) is 9.59 Å². The van der Waals surface area contributed by atoms with Crippen LogP contribution in [0.4, 0.5) is 4.79 Å². The molecule has 1 aliphatic rings. The lowest BCUT2D eigenvalue weighted by atomic mass is 10.0. The minimum absolute atomic E-state index is 0.0480. The number of methoxy groups -OCH3 is 1. The Morgan fingerprint density at radius 2 is 2.19 bits per heavy atom. The molecule has 2 atom stereocenters. The van der Waals surface area contributed by atoms with E-state index in [1.165, 1.54) is 7.11 Å². The van der Waals surface area contributed by atoms with Gasteiger partial charge in [0.1, 0.15) is 6.10 Å². The van der Waals surface area contributed by atoms with Gasteiger partial charge in [0, 0.05) is 6.42 Å². The summed E-state index contributed by atoms with van der Waals surface area (Å²) in [5, 5.41) is 2.76. The number of nitrogens with one attached hydrogen (secondary N) is 1. The lowest BCUT2D eigenvalue weighted by Gasteiger charge is -2.11. The summed E-state index contributed by atoms with van der Waals surface area (Å²) in [6, 6.07) is 0.116. The van der Waals surface area contributed by atoms with Crippen molar-refractivity contribution in [3.8, 4) is 0 Å². The van der Waals surface area contributed by atoms with Crippen molar-refractivity contribution in [1.82, 2.24) is 5.32 Å². The summed E-state index contributed by atoms with van der Waals surface area (Å²) in [5.41, 5.74) is 0. The van der Waals surface area contributed by atoms with Crippen LogP contribution in [0.3, 0.4) is 0 Å². The van der Waals surface area contributed by atoms with Crippen LogP contribution in [-0.2, 0) is 14.3 Å². The van der Waals surface area contributed by atoms with Gasteiger partial charge in [-0.25, -0.2) is 4.79 Å². The number of carbonyl (C=O) groups is 2. The first-order chi connectivity index (χ1) is 7.63. The van der Waals surface area contributed by atoms with Crippen LogP contribution in [0.15, 0.2) is 0 Å². The van der Waals surface area contributed by atoms with E-state index in [1.54, 1.807) is 0 Å². The highest BCUT2D eigenvalue weighted by molar-refractivity contribution is 5.70. The Morgan fingerprint density at radius 3 is 2.75 bits per heavy atom. The molecule has 0 aliphatic carbocycles. The molecule has 1 rings (SSSR count). The first-order valence-corrected chi connectivity index (χ1v) is 5.67. The molecule has 1 amide bonds. The number of rotatable bonds is 6. The Bertz CT molecular complexity index is 254. The van der Waals surface area contributed by atoms with Gasteiger partial charge in [-0.2, -0.15) is 0 Å². The molecule has 16 heavy (non-hydrogen) atoms. The van der Waals surface area contributed by atoms with Crippen molar-refractivity contribution in [1.29, 1.82) is 0 Å². The first-order valence-electron chi connectivity index (χ1n) is 5.67. The number of hydrogen-bond acceptors (Lipinski definition) is 4. The third-order valence-electron chi connectivity index (χ3n) is 2.79. The molecule has 0 spiro atoms. The van der Waals surface area contributed by atoms with Crippen molar-refractivity contribution in [3.63, 3.8) is 0 Å². The van der Waals surface area contributed by atoms with Gasteiger partial charge in [-0.3, -0.25) is 4.79 Å². The van der Waals surface area contributed by atoms with Crippen molar-refractivity contribution in [2.45, 2.75) is 51.2 Å². The van der Waals surface area contributed by atoms with E-state index in [0.29, 0.717) is 6.42 Å². The van der Waals surface area contributed by atoms with Crippen molar-refractivity contribution < 1.29 is 19.1 Å². The average molecular weight is 229 g/mol. The van der Waals surface area contributed by atoms with Crippen LogP contribution < -0.4 is 5.32 Å². The lowest BCUT2D eigenvalue weighted by molar-refractivity contribution is -0.140. The van der Waals surface area contributed by atoms with E-state index in [0.717, 1.165) is 25.7 Å². The van der Waals surface area contributed by atoms with E-state index in [-0.39, 0.29) is 24.2 Å². The van der Waals surface area contributed by atoms with Crippen LogP contribution in [0, 0.1) is 0 Å². The summed E-state index contributed by atoms with van der Waals surface area (Å²) in [6.07, 6.45) is 3.78. The third kappa shape index (κ3) is 4.08. The molecule has 0 saturated carbocycles. The fourth-order valence-corrected chi connectivity index (χ4v) is 1.77. The molecule has 0 aromatic rings. The molecule has 0 bridgehead atoms. The quantitative estimate of drug-likeness (QED) is 0.555. The lowest BCUT2D eigenvalue weighted by Crippen LogP contribution is -2.29. The Kier molecular flexibility index (Phi) is 5.08. The molecule has 1 N–H and O–H groups in total. The molecule has 1 aliphatic heterocycles. The van der Waals surface area contributed by atoms with E-state index in [4.69, 9.17) is 4.74 Å². The first kappa shape index (κ1) is 12.8. The molecule has 0 aromatic carbocycles. The second-order valence-electron chi connectivity index (χ2n) is 4.04. The van der Waals surface area contributed by atoms with Crippen LogP contribution in [0.1, 0.15) is 39.0 Å². The molecule has 1 saturated heterocycles. The van der Waals surface area contributed by atoms with E-state index in [1.807, 2.05) is 6.92 Å². The van der Waals surface area contributed by atoms with E-state index >= 15 is 0 Å². The summed E-state index contributed by atoms with van der Waals surface area (Å²) in [6.45, 7) is 1.89. The summed E-state index contributed by atoms with van der Waals surface area (Å²) in [4.78, 5) is 21.7. The number of esters is 1. The molecule has 5 nitrogen and oxygen atoms in total. The van der Waals surface area contributed by atoms with Crippen molar-refractivity contribution in [2.75, 3.05) is 7.11 Å². The highest BCUT2D eigenvalue weighted by Crippen LogP contribution is 2.15.